The largest absolute Gasteiger partial charge is 0.400 e. The first kappa shape index (κ1) is 26.3. The van der Waals surface area contributed by atoms with E-state index >= 15 is 0 Å². The number of aliphatic hydroxyl groups is 1. The normalized spacial score (nSPS) is 10.3. The molecule has 3 aromatic carbocycles. The molecule has 1 aromatic heterocycles. The predicted octanol–water partition coefficient (Wildman–Crippen LogP) is 4.49. The van der Waals surface area contributed by atoms with Crippen molar-refractivity contribution < 1.29 is 9.67 Å². The number of hydrogen-bond acceptors (Lipinski definition) is 4. The van der Waals surface area contributed by atoms with Gasteiger partial charge in [-0.1, -0.05) is 42.8 Å². The summed E-state index contributed by atoms with van der Waals surface area (Å²) in [4.78, 5) is 0. The molecule has 0 aliphatic carbocycles. The van der Waals surface area contributed by atoms with Crippen molar-refractivity contribution in [3.63, 3.8) is 0 Å². The number of benzene rings is 3. The van der Waals surface area contributed by atoms with Crippen molar-refractivity contribution >= 4 is 27.4 Å². The zero-order valence-corrected chi connectivity index (χ0v) is 20.2. The standard InChI is InChI=1S/C21H19N2.C6H16N2.CH4O/c1-2-23-20-11-7-6-10-18(20)17-13-12-16(22)14-19(17)21(23)15-8-4-3-5-9-15;1-8-6-4-2-3-5-7;1-2/h3-14H,2,22H2,1H3;8H,2-7H2,1H3;2H,1H3/q+1;;. The fourth-order valence-electron chi connectivity index (χ4n) is 4.05. The Kier molecular flexibility index (Phi) is 11.3. The van der Waals surface area contributed by atoms with Gasteiger partial charge in [0.1, 0.15) is 6.54 Å². The first-order valence-electron chi connectivity index (χ1n) is 11.7. The second kappa shape index (κ2) is 14.2. The second-order valence-electron chi connectivity index (χ2n) is 7.73. The fraction of sp³-hybridized carbons (Fsp3) is 0.321. The molecule has 4 aromatic rings. The van der Waals surface area contributed by atoms with E-state index in [2.05, 4.69) is 83.5 Å². The van der Waals surface area contributed by atoms with Crippen molar-refractivity contribution in [2.45, 2.75) is 32.7 Å². The maximum absolute atomic E-state index is 7.00. The molecule has 0 radical (unpaired) electrons. The molecule has 1 heterocycles. The summed E-state index contributed by atoms with van der Waals surface area (Å²) in [6.07, 6.45) is 3.69. The van der Waals surface area contributed by atoms with E-state index in [1.807, 2.05) is 13.1 Å². The second-order valence-corrected chi connectivity index (χ2v) is 7.73. The van der Waals surface area contributed by atoms with Crippen molar-refractivity contribution in [1.82, 2.24) is 5.32 Å². The molecule has 0 saturated heterocycles. The average molecular weight is 448 g/mol. The van der Waals surface area contributed by atoms with E-state index in [1.54, 1.807) is 0 Å². The summed E-state index contributed by atoms with van der Waals surface area (Å²) >= 11 is 0. The van der Waals surface area contributed by atoms with Crippen molar-refractivity contribution in [2.24, 2.45) is 5.73 Å². The van der Waals surface area contributed by atoms with Gasteiger partial charge in [0.25, 0.3) is 0 Å². The first-order chi connectivity index (χ1) is 16.2. The third-order valence-corrected chi connectivity index (χ3v) is 5.55. The monoisotopic (exact) mass is 447 g/mol. The molecule has 4 rings (SSSR count). The minimum atomic E-state index is 0.799. The average Bonchev–Trinajstić information content (AvgIpc) is 2.88. The van der Waals surface area contributed by atoms with Crippen LogP contribution in [0.15, 0.2) is 72.8 Å². The highest BCUT2D eigenvalue weighted by molar-refractivity contribution is 6.09. The molecule has 6 N–H and O–H groups in total. The van der Waals surface area contributed by atoms with Crippen LogP contribution in [0.4, 0.5) is 5.69 Å². The Morgan fingerprint density at radius 3 is 2.18 bits per heavy atom. The van der Waals surface area contributed by atoms with Gasteiger partial charge < -0.3 is 21.9 Å². The van der Waals surface area contributed by atoms with E-state index in [1.165, 1.54) is 52.2 Å². The number of fused-ring (bicyclic) bond motifs is 3. The van der Waals surface area contributed by atoms with Crippen LogP contribution in [-0.4, -0.2) is 32.4 Å². The topological polar surface area (TPSA) is 88.2 Å². The number of aryl methyl sites for hydroxylation is 1. The number of nitrogens with two attached hydrogens (primary N) is 2. The van der Waals surface area contributed by atoms with E-state index in [9.17, 15) is 0 Å². The number of unbranched alkanes of at least 4 members (excludes halogenated alkanes) is 2. The highest BCUT2D eigenvalue weighted by atomic mass is 16.2. The van der Waals surface area contributed by atoms with Crippen LogP contribution in [0.5, 0.6) is 0 Å². The van der Waals surface area contributed by atoms with Gasteiger partial charge in [-0.15, -0.1) is 0 Å². The SMILES string of the molecule is CC[n+]1c(-c2ccccc2)c2cc(N)ccc2c2ccccc21.CNCCCCCN.CO. The highest BCUT2D eigenvalue weighted by Crippen LogP contribution is 2.32. The molecule has 5 nitrogen and oxygen atoms in total. The Labute approximate surface area is 198 Å². The van der Waals surface area contributed by atoms with Gasteiger partial charge in [0.2, 0.25) is 11.2 Å². The molecule has 0 bridgehead atoms. The number of aromatic nitrogens is 1. The van der Waals surface area contributed by atoms with E-state index in [4.69, 9.17) is 16.6 Å². The number of pyridine rings is 1. The molecule has 0 aliphatic heterocycles. The lowest BCUT2D eigenvalue weighted by Gasteiger charge is -2.11. The lowest BCUT2D eigenvalue weighted by Crippen LogP contribution is -2.36. The Hall–Kier alpha value is -2.99. The number of nitrogens with one attached hydrogen (secondary N) is 1. The van der Waals surface area contributed by atoms with Gasteiger partial charge in [0.05, 0.1) is 10.8 Å². The third kappa shape index (κ3) is 6.75. The Balaban J connectivity index is 0.000000330. The van der Waals surface area contributed by atoms with Gasteiger partial charge in [-0.2, -0.15) is 4.57 Å². The smallest absolute Gasteiger partial charge is 0.220 e. The van der Waals surface area contributed by atoms with E-state index in [0.717, 1.165) is 32.4 Å². The van der Waals surface area contributed by atoms with E-state index in [0.29, 0.717) is 0 Å². The van der Waals surface area contributed by atoms with Crippen molar-refractivity contribution in [3.8, 4) is 11.3 Å². The number of rotatable bonds is 7. The summed E-state index contributed by atoms with van der Waals surface area (Å²) in [5, 5.41) is 13.8. The van der Waals surface area contributed by atoms with Crippen LogP contribution in [0.3, 0.4) is 0 Å². The molecule has 0 atom stereocenters. The molecule has 0 amide bonds. The van der Waals surface area contributed by atoms with Crippen LogP contribution in [0.1, 0.15) is 26.2 Å². The van der Waals surface area contributed by atoms with Gasteiger partial charge in [-0.3, -0.25) is 0 Å². The Morgan fingerprint density at radius 2 is 1.52 bits per heavy atom. The number of para-hydroxylation sites is 1. The summed E-state index contributed by atoms with van der Waals surface area (Å²) < 4.78 is 2.38. The molecule has 0 unspecified atom stereocenters. The van der Waals surface area contributed by atoms with Gasteiger partial charge in [0.15, 0.2) is 0 Å². The number of aliphatic hydroxyl groups excluding tert-OH is 1. The summed E-state index contributed by atoms with van der Waals surface area (Å²) in [6, 6.07) is 25.4. The molecule has 0 saturated carbocycles. The highest BCUT2D eigenvalue weighted by Gasteiger charge is 2.21. The number of nitrogen functional groups attached to an aromatic ring is 1. The van der Waals surface area contributed by atoms with Crippen LogP contribution in [0.2, 0.25) is 0 Å². The number of anilines is 1. The number of nitrogens with zero attached hydrogens (tertiary/aromatic N) is 1. The van der Waals surface area contributed by atoms with Crippen molar-refractivity contribution in [1.29, 1.82) is 0 Å². The molecular weight excluding hydrogens is 408 g/mol. The fourth-order valence-corrected chi connectivity index (χ4v) is 4.05. The summed E-state index contributed by atoms with van der Waals surface area (Å²) in [5.41, 5.74) is 15.9. The van der Waals surface area contributed by atoms with Gasteiger partial charge in [0, 0.05) is 29.8 Å². The lowest BCUT2D eigenvalue weighted by molar-refractivity contribution is -0.655. The molecule has 0 spiro atoms. The van der Waals surface area contributed by atoms with Crippen LogP contribution in [0.25, 0.3) is 32.9 Å². The predicted molar refractivity (Wildman–Crippen MR) is 142 cm³/mol. The maximum atomic E-state index is 7.00. The minimum Gasteiger partial charge on any atom is -0.400 e. The van der Waals surface area contributed by atoms with Crippen molar-refractivity contribution in [2.75, 3.05) is 33.0 Å². The van der Waals surface area contributed by atoms with Gasteiger partial charge >= 0.3 is 0 Å². The summed E-state index contributed by atoms with van der Waals surface area (Å²) in [5.74, 6) is 0. The molecule has 176 valence electrons. The van der Waals surface area contributed by atoms with E-state index in [-0.39, 0.29) is 0 Å². The summed E-state index contributed by atoms with van der Waals surface area (Å²) in [6.45, 7) is 5.07. The lowest BCUT2D eigenvalue weighted by atomic mass is 9.98. The molecule has 5 heteroatoms. The number of hydrogen-bond donors (Lipinski definition) is 4. The van der Waals surface area contributed by atoms with Crippen LogP contribution >= 0.6 is 0 Å². The van der Waals surface area contributed by atoms with E-state index < -0.39 is 0 Å². The van der Waals surface area contributed by atoms with Gasteiger partial charge in [-0.25, -0.2) is 0 Å². The van der Waals surface area contributed by atoms with Crippen LogP contribution in [0, 0.1) is 0 Å². The quantitative estimate of drug-likeness (QED) is 0.145. The molecular formula is C28H39N4O+. The van der Waals surface area contributed by atoms with Gasteiger partial charge in [-0.05, 0) is 70.2 Å². The van der Waals surface area contributed by atoms with Crippen molar-refractivity contribution in [3.05, 3.63) is 72.8 Å². The van der Waals surface area contributed by atoms with Crippen LogP contribution < -0.4 is 21.4 Å². The minimum absolute atomic E-state index is 0.799. The summed E-state index contributed by atoms with van der Waals surface area (Å²) in [7, 11) is 2.97. The zero-order valence-electron chi connectivity index (χ0n) is 20.2. The molecule has 0 aliphatic rings. The Morgan fingerprint density at radius 1 is 0.818 bits per heavy atom. The van der Waals surface area contributed by atoms with Crippen LogP contribution in [-0.2, 0) is 6.54 Å². The molecule has 0 fully saturated rings. The first-order valence-corrected chi connectivity index (χ1v) is 11.7. The zero-order chi connectivity index (χ0) is 24.1. The molecule has 33 heavy (non-hydrogen) atoms. The maximum Gasteiger partial charge on any atom is 0.220 e. The Bertz CT molecular complexity index is 1110. The third-order valence-electron chi connectivity index (χ3n) is 5.55.